The maximum Gasteiger partial charge on any atom is 0.350 e. The molecule has 0 amide bonds. The quantitative estimate of drug-likeness (QED) is 0.387. The lowest BCUT2D eigenvalue weighted by Gasteiger charge is -2.35. The Balaban J connectivity index is 1.16. The van der Waals surface area contributed by atoms with Crippen LogP contribution in [0, 0.1) is 0 Å². The summed E-state index contributed by atoms with van der Waals surface area (Å²) in [4.78, 5) is 26.3. The molecule has 1 atom stereocenters. The van der Waals surface area contributed by atoms with Gasteiger partial charge in [-0.3, -0.25) is 0 Å². The molecule has 182 valence electrons. The van der Waals surface area contributed by atoms with Crippen LogP contribution in [-0.2, 0) is 6.54 Å². The average Bonchev–Trinajstić information content (AvgIpc) is 3.55. The maximum atomic E-state index is 12.8. The highest BCUT2D eigenvalue weighted by atomic mass is 35.5. The second-order valence-electron chi connectivity index (χ2n) is 8.38. The van der Waals surface area contributed by atoms with Crippen molar-refractivity contribution in [1.29, 1.82) is 0 Å². The number of hydrogen-bond donors (Lipinski definition) is 1. The zero-order valence-corrected chi connectivity index (χ0v) is 20.6. The lowest BCUT2D eigenvalue weighted by Crippen LogP contribution is -2.46. The Labute approximate surface area is 211 Å². The Kier molecular flexibility index (Phi) is 7.12. The van der Waals surface area contributed by atoms with Crippen LogP contribution in [-0.4, -0.2) is 55.6 Å². The zero-order valence-electron chi connectivity index (χ0n) is 19.1. The first kappa shape index (κ1) is 23.5. The molecule has 3 aromatic heterocycles. The number of nitrogens with zero attached hydrogens (tertiary/aromatic N) is 7. The van der Waals surface area contributed by atoms with Crippen LogP contribution < -0.4 is 15.5 Å². The van der Waals surface area contributed by atoms with E-state index in [0.717, 1.165) is 42.7 Å². The van der Waals surface area contributed by atoms with Crippen LogP contribution in [0.25, 0.3) is 5.69 Å². The molecule has 0 saturated carbocycles. The number of halogens is 1. The Morgan fingerprint density at radius 2 is 1.80 bits per heavy atom. The van der Waals surface area contributed by atoms with E-state index in [1.807, 2.05) is 35.8 Å². The standard InChI is InChI=1S/C24H26ClN7O2S/c25-19-5-3-18(4-6-19)21(33)2-1-10-32-24(34)31(17-28-32)20-7-8-22(27-16-20)29-11-13-30(14-12-29)23-26-9-15-35-23/h3-9,15-17,21,33H,1-2,10-14H2. The van der Waals surface area contributed by atoms with Crippen molar-refractivity contribution >= 4 is 33.9 Å². The number of aliphatic hydroxyl groups is 1. The van der Waals surface area contributed by atoms with Crippen LogP contribution >= 0.6 is 22.9 Å². The van der Waals surface area contributed by atoms with Gasteiger partial charge in [0.05, 0.1) is 18.0 Å². The molecule has 5 rings (SSSR count). The van der Waals surface area contributed by atoms with Crippen LogP contribution in [0.3, 0.4) is 0 Å². The van der Waals surface area contributed by atoms with E-state index in [0.29, 0.717) is 30.1 Å². The van der Waals surface area contributed by atoms with Gasteiger partial charge in [-0.25, -0.2) is 24.0 Å². The number of aromatic nitrogens is 5. The summed E-state index contributed by atoms with van der Waals surface area (Å²) >= 11 is 7.56. The summed E-state index contributed by atoms with van der Waals surface area (Å²) in [6.07, 6.45) is 5.59. The van der Waals surface area contributed by atoms with Gasteiger partial charge in [0.25, 0.3) is 0 Å². The van der Waals surface area contributed by atoms with Gasteiger partial charge >= 0.3 is 5.69 Å². The lowest BCUT2D eigenvalue weighted by molar-refractivity contribution is 0.162. The third-order valence-corrected chi connectivity index (χ3v) is 7.22. The zero-order chi connectivity index (χ0) is 24.2. The van der Waals surface area contributed by atoms with Gasteiger partial charge in [-0.05, 0) is 42.7 Å². The Morgan fingerprint density at radius 1 is 1.03 bits per heavy atom. The van der Waals surface area contributed by atoms with Crippen molar-refractivity contribution in [2.75, 3.05) is 36.0 Å². The molecule has 0 radical (unpaired) electrons. The van der Waals surface area contributed by atoms with Gasteiger partial charge < -0.3 is 14.9 Å². The minimum Gasteiger partial charge on any atom is -0.388 e. The number of hydrogen-bond acceptors (Lipinski definition) is 8. The fraction of sp³-hybridized carbons (Fsp3) is 0.333. The molecule has 0 aliphatic carbocycles. The van der Waals surface area contributed by atoms with Crippen LogP contribution in [0.2, 0.25) is 5.02 Å². The lowest BCUT2D eigenvalue weighted by atomic mass is 10.1. The normalized spacial score (nSPS) is 14.9. The maximum absolute atomic E-state index is 12.8. The molecule has 1 fully saturated rings. The summed E-state index contributed by atoms with van der Waals surface area (Å²) in [5, 5.41) is 18.3. The van der Waals surface area contributed by atoms with Gasteiger partial charge in [0.2, 0.25) is 0 Å². The summed E-state index contributed by atoms with van der Waals surface area (Å²) in [6, 6.07) is 11.0. The first-order chi connectivity index (χ1) is 17.1. The number of benzene rings is 1. The van der Waals surface area contributed by atoms with Crippen molar-refractivity contribution in [3.63, 3.8) is 0 Å². The molecule has 1 unspecified atom stereocenters. The number of aryl methyl sites for hydroxylation is 1. The van der Waals surface area contributed by atoms with Gasteiger partial charge in [0.1, 0.15) is 12.1 Å². The SMILES string of the molecule is O=c1n(-c2ccc(N3CCN(c4nccs4)CC3)nc2)cnn1CCCC(O)c1ccc(Cl)cc1. The molecule has 1 aromatic carbocycles. The molecule has 11 heteroatoms. The van der Waals surface area contributed by atoms with Crippen molar-refractivity contribution in [1.82, 2.24) is 24.3 Å². The van der Waals surface area contributed by atoms with E-state index in [1.54, 1.807) is 29.7 Å². The molecule has 1 aliphatic heterocycles. The number of aliphatic hydroxyl groups excluding tert-OH is 1. The summed E-state index contributed by atoms with van der Waals surface area (Å²) in [7, 11) is 0. The van der Waals surface area contributed by atoms with Crippen molar-refractivity contribution in [3.05, 3.63) is 81.6 Å². The number of pyridine rings is 1. The minimum absolute atomic E-state index is 0.224. The third-order valence-electron chi connectivity index (χ3n) is 6.14. The molecule has 35 heavy (non-hydrogen) atoms. The molecule has 9 nitrogen and oxygen atoms in total. The molecule has 4 aromatic rings. The predicted molar refractivity (Wildman–Crippen MR) is 138 cm³/mol. The second-order valence-corrected chi connectivity index (χ2v) is 9.69. The van der Waals surface area contributed by atoms with E-state index in [9.17, 15) is 9.90 Å². The summed E-state index contributed by atoms with van der Waals surface area (Å²) in [5.41, 5.74) is 1.26. The summed E-state index contributed by atoms with van der Waals surface area (Å²) in [5.74, 6) is 0.893. The topological polar surface area (TPSA) is 92.3 Å². The average molecular weight is 512 g/mol. The Morgan fingerprint density at radius 3 is 2.49 bits per heavy atom. The van der Waals surface area contributed by atoms with Crippen LogP contribution in [0.4, 0.5) is 10.9 Å². The van der Waals surface area contributed by atoms with E-state index < -0.39 is 6.10 Å². The van der Waals surface area contributed by atoms with E-state index in [4.69, 9.17) is 11.6 Å². The van der Waals surface area contributed by atoms with Crippen LogP contribution in [0.1, 0.15) is 24.5 Å². The molecule has 0 bridgehead atoms. The number of thiazole rings is 1. The minimum atomic E-state index is -0.606. The van der Waals surface area contributed by atoms with E-state index in [1.165, 1.54) is 15.6 Å². The van der Waals surface area contributed by atoms with Crippen molar-refractivity contribution in [2.45, 2.75) is 25.5 Å². The molecule has 1 N–H and O–H groups in total. The van der Waals surface area contributed by atoms with Crippen LogP contribution in [0.5, 0.6) is 0 Å². The second kappa shape index (κ2) is 10.6. The van der Waals surface area contributed by atoms with Gasteiger partial charge in [-0.2, -0.15) is 5.10 Å². The third kappa shape index (κ3) is 5.39. The molecule has 1 aliphatic rings. The highest BCUT2D eigenvalue weighted by Crippen LogP contribution is 2.22. The van der Waals surface area contributed by atoms with Crippen molar-refractivity contribution < 1.29 is 5.11 Å². The first-order valence-electron chi connectivity index (χ1n) is 11.5. The van der Waals surface area contributed by atoms with E-state index >= 15 is 0 Å². The molecule has 4 heterocycles. The van der Waals surface area contributed by atoms with Gasteiger partial charge in [-0.15, -0.1) is 11.3 Å². The monoisotopic (exact) mass is 511 g/mol. The number of anilines is 2. The molecule has 0 spiro atoms. The highest BCUT2D eigenvalue weighted by Gasteiger charge is 2.20. The summed E-state index contributed by atoms with van der Waals surface area (Å²) in [6.45, 7) is 3.95. The number of rotatable bonds is 8. The van der Waals surface area contributed by atoms with Crippen molar-refractivity contribution in [2.24, 2.45) is 0 Å². The van der Waals surface area contributed by atoms with E-state index in [2.05, 4.69) is 24.9 Å². The van der Waals surface area contributed by atoms with E-state index in [-0.39, 0.29) is 5.69 Å². The summed E-state index contributed by atoms with van der Waals surface area (Å²) < 4.78 is 2.91. The fourth-order valence-corrected chi connectivity index (χ4v) is 4.98. The molecular weight excluding hydrogens is 486 g/mol. The van der Waals surface area contributed by atoms with Crippen LogP contribution in [0.15, 0.2) is 65.3 Å². The van der Waals surface area contributed by atoms with Crippen molar-refractivity contribution in [3.8, 4) is 5.69 Å². The molecular formula is C24H26ClN7O2S. The largest absolute Gasteiger partial charge is 0.388 e. The fourth-order valence-electron chi connectivity index (χ4n) is 4.16. The van der Waals surface area contributed by atoms with Gasteiger partial charge in [-0.1, -0.05) is 23.7 Å². The number of piperazine rings is 1. The first-order valence-corrected chi connectivity index (χ1v) is 12.8. The Bertz CT molecular complexity index is 1280. The predicted octanol–water partition coefficient (Wildman–Crippen LogP) is 3.38. The Hall–Kier alpha value is -3.21. The highest BCUT2D eigenvalue weighted by molar-refractivity contribution is 7.13. The van der Waals surface area contributed by atoms with Gasteiger partial charge in [0.15, 0.2) is 5.13 Å². The van der Waals surface area contributed by atoms with Gasteiger partial charge in [0, 0.05) is 49.3 Å². The smallest absolute Gasteiger partial charge is 0.350 e. The molecule has 1 saturated heterocycles.